The molecule has 1 saturated heterocycles. The molecule has 0 atom stereocenters. The summed E-state index contributed by atoms with van der Waals surface area (Å²) in [6, 6.07) is 6.25. The number of hydrogen-bond acceptors (Lipinski definition) is 7. The Balaban J connectivity index is 1.41. The van der Waals surface area contributed by atoms with Crippen molar-refractivity contribution >= 4 is 11.7 Å². The van der Waals surface area contributed by atoms with Crippen molar-refractivity contribution in [3.63, 3.8) is 0 Å². The van der Waals surface area contributed by atoms with Gasteiger partial charge in [0.1, 0.15) is 22.6 Å². The number of likely N-dealkylation sites (tertiary alicyclic amines) is 1. The van der Waals surface area contributed by atoms with Crippen molar-refractivity contribution < 1.29 is 18.4 Å². The number of piperidine rings is 1. The van der Waals surface area contributed by atoms with Crippen LogP contribution in [0.15, 0.2) is 39.8 Å². The average molecular weight is 495 g/mol. The number of aryl methyl sites for hydroxylation is 1. The number of amides is 1. The molecule has 0 saturated carbocycles. The number of rotatable bonds is 3. The van der Waals surface area contributed by atoms with Gasteiger partial charge in [0, 0.05) is 30.6 Å². The standard InChI is InChI=1S/C25H27FN6O4/c1-14-5-6-16(11-18(14)26)21-29-23(36-30-21)17-13-27-32-19(12-20(33)28-22(17)32)15-7-9-31(10-8-15)24(34)35-25(2,3)4/h5-6,11-13,15H,7-10H2,1-4H3,(H,28,33). The molecule has 0 unspecified atom stereocenters. The van der Waals surface area contributed by atoms with E-state index >= 15 is 0 Å². The van der Waals surface area contributed by atoms with Crippen molar-refractivity contribution in [2.24, 2.45) is 0 Å². The fourth-order valence-electron chi connectivity index (χ4n) is 4.33. The number of carbonyl (C=O) groups is 1. The van der Waals surface area contributed by atoms with Crippen molar-refractivity contribution in [1.29, 1.82) is 0 Å². The Bertz CT molecular complexity index is 1490. The summed E-state index contributed by atoms with van der Waals surface area (Å²) in [5, 5.41) is 8.45. The molecule has 1 amide bonds. The van der Waals surface area contributed by atoms with Crippen LogP contribution in [0.3, 0.4) is 0 Å². The van der Waals surface area contributed by atoms with Crippen molar-refractivity contribution in [2.75, 3.05) is 13.1 Å². The van der Waals surface area contributed by atoms with E-state index in [0.29, 0.717) is 48.3 Å². The molecule has 1 aliphatic heterocycles. The van der Waals surface area contributed by atoms with E-state index < -0.39 is 5.60 Å². The summed E-state index contributed by atoms with van der Waals surface area (Å²) in [4.78, 5) is 33.9. The minimum absolute atomic E-state index is 0.0232. The topological polar surface area (TPSA) is 119 Å². The van der Waals surface area contributed by atoms with Crippen LogP contribution in [0.5, 0.6) is 0 Å². The lowest BCUT2D eigenvalue weighted by atomic mass is 9.93. The van der Waals surface area contributed by atoms with Crippen LogP contribution < -0.4 is 5.56 Å². The molecule has 0 aliphatic carbocycles. The SMILES string of the molecule is Cc1ccc(-c2noc(-c3cnn4c(C5CCN(C(=O)OC(C)(C)C)CC5)cc(=O)[nH]c34)n2)cc1F. The summed E-state index contributed by atoms with van der Waals surface area (Å²) in [6.07, 6.45) is 2.55. The Morgan fingerprint density at radius 3 is 2.67 bits per heavy atom. The van der Waals surface area contributed by atoms with Crippen LogP contribution in [0, 0.1) is 12.7 Å². The van der Waals surface area contributed by atoms with Gasteiger partial charge in [0.15, 0.2) is 0 Å². The number of carbonyl (C=O) groups excluding carboxylic acids is 1. The maximum absolute atomic E-state index is 14.0. The lowest BCUT2D eigenvalue weighted by Gasteiger charge is -2.33. The predicted molar refractivity (Wildman–Crippen MR) is 129 cm³/mol. The molecule has 36 heavy (non-hydrogen) atoms. The summed E-state index contributed by atoms with van der Waals surface area (Å²) >= 11 is 0. The van der Waals surface area contributed by atoms with E-state index in [9.17, 15) is 14.0 Å². The van der Waals surface area contributed by atoms with E-state index in [0.717, 1.165) is 5.69 Å². The maximum atomic E-state index is 14.0. The number of H-pyrrole nitrogens is 1. The Labute approximate surface area is 206 Å². The molecule has 1 aromatic carbocycles. The zero-order valence-electron chi connectivity index (χ0n) is 20.5. The van der Waals surface area contributed by atoms with E-state index in [-0.39, 0.29) is 35.1 Å². The first-order valence-electron chi connectivity index (χ1n) is 11.8. The second-order valence-electron chi connectivity index (χ2n) is 10.0. The molecule has 0 bridgehead atoms. The lowest BCUT2D eigenvalue weighted by Crippen LogP contribution is -2.41. The number of halogens is 1. The number of hydrogen-bond donors (Lipinski definition) is 1. The third kappa shape index (κ3) is 4.60. The first-order chi connectivity index (χ1) is 17.1. The molecular weight excluding hydrogens is 467 g/mol. The van der Waals surface area contributed by atoms with Crippen molar-refractivity contribution in [3.8, 4) is 22.8 Å². The molecule has 188 valence electrons. The van der Waals surface area contributed by atoms with Crippen molar-refractivity contribution in [3.05, 3.63) is 57.9 Å². The van der Waals surface area contributed by atoms with Crippen LogP contribution in [-0.2, 0) is 4.74 Å². The minimum Gasteiger partial charge on any atom is -0.444 e. The van der Waals surface area contributed by atoms with Crippen LogP contribution >= 0.6 is 0 Å². The Hall–Kier alpha value is -4.02. The summed E-state index contributed by atoms with van der Waals surface area (Å²) in [7, 11) is 0. The summed E-state index contributed by atoms with van der Waals surface area (Å²) in [6.45, 7) is 8.22. The smallest absolute Gasteiger partial charge is 0.410 e. The predicted octanol–water partition coefficient (Wildman–Crippen LogP) is 4.30. The first-order valence-corrected chi connectivity index (χ1v) is 11.8. The number of nitrogens with one attached hydrogen (secondary N) is 1. The van der Waals surface area contributed by atoms with Gasteiger partial charge in [-0.05, 0) is 52.2 Å². The molecule has 0 spiro atoms. The fourth-order valence-corrected chi connectivity index (χ4v) is 4.33. The van der Waals surface area contributed by atoms with Gasteiger partial charge in [0.05, 0.1) is 11.9 Å². The quantitative estimate of drug-likeness (QED) is 0.451. The molecule has 5 rings (SSSR count). The van der Waals surface area contributed by atoms with E-state index in [4.69, 9.17) is 9.26 Å². The van der Waals surface area contributed by atoms with Gasteiger partial charge in [-0.25, -0.2) is 13.7 Å². The Kier molecular flexibility index (Phi) is 5.85. The van der Waals surface area contributed by atoms with Gasteiger partial charge < -0.3 is 19.1 Å². The number of aromatic amines is 1. The van der Waals surface area contributed by atoms with Gasteiger partial charge in [-0.2, -0.15) is 10.1 Å². The zero-order chi connectivity index (χ0) is 25.6. The van der Waals surface area contributed by atoms with Crippen LogP contribution in [-0.4, -0.2) is 54.4 Å². The highest BCUT2D eigenvalue weighted by atomic mass is 19.1. The normalized spacial score (nSPS) is 15.0. The zero-order valence-corrected chi connectivity index (χ0v) is 20.5. The number of aromatic nitrogens is 5. The van der Waals surface area contributed by atoms with E-state index in [2.05, 4.69) is 20.2 Å². The number of ether oxygens (including phenoxy) is 1. The Morgan fingerprint density at radius 1 is 1.22 bits per heavy atom. The summed E-state index contributed by atoms with van der Waals surface area (Å²) in [5.41, 5.74) is 1.80. The van der Waals surface area contributed by atoms with E-state index in [1.807, 2.05) is 20.8 Å². The highest BCUT2D eigenvalue weighted by Crippen LogP contribution is 2.31. The molecule has 10 nitrogen and oxygen atoms in total. The van der Waals surface area contributed by atoms with Crippen LogP contribution in [0.1, 0.15) is 50.8 Å². The Morgan fingerprint density at radius 2 is 1.97 bits per heavy atom. The molecule has 1 N–H and O–H groups in total. The molecule has 1 aliphatic rings. The number of benzene rings is 1. The molecule has 1 fully saturated rings. The number of fused-ring (bicyclic) bond motifs is 1. The van der Waals surface area contributed by atoms with Gasteiger partial charge in [0.2, 0.25) is 5.82 Å². The first kappa shape index (κ1) is 23.7. The largest absolute Gasteiger partial charge is 0.444 e. The lowest BCUT2D eigenvalue weighted by molar-refractivity contribution is 0.0203. The molecule has 4 heterocycles. The van der Waals surface area contributed by atoms with E-state index in [1.54, 1.807) is 34.7 Å². The van der Waals surface area contributed by atoms with Gasteiger partial charge in [-0.1, -0.05) is 17.3 Å². The van der Waals surface area contributed by atoms with Crippen LogP contribution in [0.2, 0.25) is 0 Å². The maximum Gasteiger partial charge on any atom is 0.410 e. The highest BCUT2D eigenvalue weighted by molar-refractivity contribution is 5.72. The fraction of sp³-hybridized carbons (Fsp3) is 0.400. The summed E-state index contributed by atoms with van der Waals surface area (Å²) < 4.78 is 26.6. The number of nitrogens with zero attached hydrogens (tertiary/aromatic N) is 5. The van der Waals surface area contributed by atoms with Gasteiger partial charge in [-0.15, -0.1) is 0 Å². The summed E-state index contributed by atoms with van der Waals surface area (Å²) in [5.74, 6) is 0.0568. The monoisotopic (exact) mass is 494 g/mol. The average Bonchev–Trinajstić information content (AvgIpc) is 3.46. The minimum atomic E-state index is -0.555. The van der Waals surface area contributed by atoms with Gasteiger partial charge in [0.25, 0.3) is 11.4 Å². The molecule has 4 aromatic rings. The molecule has 0 radical (unpaired) electrons. The highest BCUT2D eigenvalue weighted by Gasteiger charge is 2.29. The van der Waals surface area contributed by atoms with Crippen molar-refractivity contribution in [2.45, 2.75) is 52.1 Å². The van der Waals surface area contributed by atoms with Crippen LogP contribution in [0.25, 0.3) is 28.5 Å². The second-order valence-corrected chi connectivity index (χ2v) is 10.0. The third-order valence-corrected chi connectivity index (χ3v) is 6.19. The van der Waals surface area contributed by atoms with Gasteiger partial charge >= 0.3 is 6.09 Å². The second kappa shape index (κ2) is 8.89. The van der Waals surface area contributed by atoms with Gasteiger partial charge in [-0.3, -0.25) is 4.79 Å². The van der Waals surface area contributed by atoms with Crippen LogP contribution in [0.4, 0.5) is 9.18 Å². The molecule has 3 aromatic heterocycles. The third-order valence-electron chi connectivity index (χ3n) is 6.19. The molecular formula is C25H27FN6O4. The molecule has 11 heteroatoms. The van der Waals surface area contributed by atoms with Crippen molar-refractivity contribution in [1.82, 2.24) is 29.6 Å². The van der Waals surface area contributed by atoms with E-state index in [1.165, 1.54) is 12.1 Å².